The Balaban J connectivity index is 1.72. The van der Waals surface area contributed by atoms with Gasteiger partial charge in [-0.05, 0) is 35.6 Å². The van der Waals surface area contributed by atoms with E-state index in [4.69, 9.17) is 0 Å². The molecule has 2 aromatic carbocycles. The van der Waals surface area contributed by atoms with Gasteiger partial charge in [0.15, 0.2) is 0 Å². The van der Waals surface area contributed by atoms with Crippen LogP contribution in [0.2, 0.25) is 0 Å². The molecular weight excluding hydrogens is 277 g/mol. The molecule has 0 aromatic heterocycles. The van der Waals surface area contributed by atoms with E-state index >= 15 is 0 Å². The lowest BCUT2D eigenvalue weighted by atomic mass is 9.82. The molecule has 1 saturated carbocycles. The first-order chi connectivity index (χ1) is 10.7. The van der Waals surface area contributed by atoms with Crippen molar-refractivity contribution >= 4 is 11.5 Å². The van der Waals surface area contributed by atoms with Crippen LogP contribution in [0.15, 0.2) is 59.6 Å². The van der Waals surface area contributed by atoms with Crippen molar-refractivity contribution in [1.82, 2.24) is 0 Å². The van der Waals surface area contributed by atoms with E-state index < -0.39 is 0 Å². The quantitative estimate of drug-likeness (QED) is 0.830. The molecule has 0 spiro atoms. The van der Waals surface area contributed by atoms with Crippen molar-refractivity contribution in [3.05, 3.63) is 71.5 Å². The minimum Gasteiger partial charge on any atom is -0.299 e. The molecule has 1 aliphatic rings. The van der Waals surface area contributed by atoms with Crippen LogP contribution in [0.3, 0.4) is 0 Å². The van der Waals surface area contributed by atoms with Crippen LogP contribution in [-0.2, 0) is 11.3 Å². The summed E-state index contributed by atoms with van der Waals surface area (Å²) in [5.41, 5.74) is 3.11. The zero-order chi connectivity index (χ0) is 15.4. The highest BCUT2D eigenvalue weighted by Gasteiger charge is 2.24. The number of carbonyl (C=O) groups is 1. The van der Waals surface area contributed by atoms with Gasteiger partial charge in [-0.2, -0.15) is 0 Å². The van der Waals surface area contributed by atoms with E-state index in [0.717, 1.165) is 17.7 Å². The van der Waals surface area contributed by atoms with Gasteiger partial charge < -0.3 is 0 Å². The topological polar surface area (TPSA) is 29.4 Å². The average Bonchev–Trinajstić information content (AvgIpc) is 2.55. The minimum absolute atomic E-state index is 0.231. The number of ketones is 1. The molecule has 3 heteroatoms. The summed E-state index contributed by atoms with van der Waals surface area (Å²) in [5, 5.41) is 0. The molecule has 3 rings (SSSR count). The summed E-state index contributed by atoms with van der Waals surface area (Å²) in [4.78, 5) is 16.6. The first-order valence-electron chi connectivity index (χ1n) is 7.54. The fourth-order valence-electron chi connectivity index (χ4n) is 2.88. The fraction of sp³-hybridized carbons (Fsp3) is 0.263. The predicted octanol–water partition coefficient (Wildman–Crippen LogP) is 4.30. The molecule has 0 bridgehead atoms. The number of benzene rings is 2. The smallest absolute Gasteiger partial charge is 0.139 e. The van der Waals surface area contributed by atoms with Gasteiger partial charge >= 0.3 is 0 Å². The number of carbonyl (C=O) groups excluding carboxylic acids is 1. The lowest BCUT2D eigenvalue weighted by molar-refractivity contribution is -0.118. The summed E-state index contributed by atoms with van der Waals surface area (Å²) in [6.07, 6.45) is 1.88. The third-order valence-corrected chi connectivity index (χ3v) is 4.03. The highest BCUT2D eigenvalue weighted by Crippen LogP contribution is 2.29. The standard InChI is InChI=1S/C19H18FNO/c20-17-8-6-14(7-9-17)13-21-18-10-16(11-19(22)12-18)15-4-2-1-3-5-15/h1-9,16H,10-13H2/t16-/m1/s1. The molecule has 0 aliphatic heterocycles. The molecule has 22 heavy (non-hydrogen) atoms. The van der Waals surface area contributed by atoms with Gasteiger partial charge in [0.2, 0.25) is 0 Å². The Hall–Kier alpha value is -2.29. The van der Waals surface area contributed by atoms with Gasteiger partial charge in [-0.3, -0.25) is 9.79 Å². The average molecular weight is 295 g/mol. The number of halogens is 1. The Morgan fingerprint density at radius 1 is 1.00 bits per heavy atom. The lowest BCUT2D eigenvalue weighted by Crippen LogP contribution is -2.21. The second-order valence-electron chi connectivity index (χ2n) is 5.74. The van der Waals surface area contributed by atoms with Crippen LogP contribution in [0, 0.1) is 5.82 Å². The molecule has 2 nitrogen and oxygen atoms in total. The molecular formula is C19H18FNO. The maximum Gasteiger partial charge on any atom is 0.139 e. The van der Waals surface area contributed by atoms with Gasteiger partial charge in [0, 0.05) is 18.6 Å². The van der Waals surface area contributed by atoms with E-state index in [1.165, 1.54) is 17.7 Å². The largest absolute Gasteiger partial charge is 0.299 e. The zero-order valence-electron chi connectivity index (χ0n) is 12.3. The molecule has 2 aromatic rings. The number of nitrogens with zero attached hydrogens (tertiary/aromatic N) is 1. The summed E-state index contributed by atoms with van der Waals surface area (Å²) in [5.74, 6) is 0.237. The third kappa shape index (κ3) is 3.67. The summed E-state index contributed by atoms with van der Waals surface area (Å²) < 4.78 is 12.9. The van der Waals surface area contributed by atoms with Crippen LogP contribution in [-0.4, -0.2) is 11.5 Å². The number of hydrogen-bond acceptors (Lipinski definition) is 2. The van der Waals surface area contributed by atoms with E-state index in [0.29, 0.717) is 19.4 Å². The van der Waals surface area contributed by atoms with Crippen molar-refractivity contribution in [2.75, 3.05) is 0 Å². The second-order valence-corrected chi connectivity index (χ2v) is 5.74. The summed E-state index contributed by atoms with van der Waals surface area (Å²) in [6, 6.07) is 16.5. The molecule has 112 valence electrons. The number of hydrogen-bond donors (Lipinski definition) is 0. The van der Waals surface area contributed by atoms with E-state index in [1.54, 1.807) is 12.1 Å². The van der Waals surface area contributed by atoms with Crippen LogP contribution in [0.4, 0.5) is 4.39 Å². The van der Waals surface area contributed by atoms with E-state index in [2.05, 4.69) is 17.1 Å². The van der Waals surface area contributed by atoms with Gasteiger partial charge in [-0.15, -0.1) is 0 Å². The van der Waals surface area contributed by atoms with Crippen LogP contribution >= 0.6 is 0 Å². The van der Waals surface area contributed by atoms with Gasteiger partial charge in [0.05, 0.1) is 6.54 Å². The fourth-order valence-corrected chi connectivity index (χ4v) is 2.88. The normalized spacial score (nSPS) is 20.3. The Morgan fingerprint density at radius 2 is 1.73 bits per heavy atom. The van der Waals surface area contributed by atoms with E-state index in [-0.39, 0.29) is 17.5 Å². The summed E-state index contributed by atoms with van der Waals surface area (Å²) in [6.45, 7) is 0.504. The van der Waals surface area contributed by atoms with Crippen LogP contribution in [0.25, 0.3) is 0 Å². The van der Waals surface area contributed by atoms with Gasteiger partial charge in [0.25, 0.3) is 0 Å². The van der Waals surface area contributed by atoms with Gasteiger partial charge in [0.1, 0.15) is 11.6 Å². The van der Waals surface area contributed by atoms with Crippen molar-refractivity contribution in [2.24, 2.45) is 4.99 Å². The molecule has 1 atom stereocenters. The predicted molar refractivity (Wildman–Crippen MR) is 85.6 cm³/mol. The monoisotopic (exact) mass is 295 g/mol. The molecule has 0 unspecified atom stereocenters. The Labute approximate surface area is 129 Å². The second kappa shape index (κ2) is 6.65. The first-order valence-corrected chi connectivity index (χ1v) is 7.54. The Kier molecular flexibility index (Phi) is 4.42. The van der Waals surface area contributed by atoms with Crippen LogP contribution in [0.1, 0.15) is 36.3 Å². The zero-order valence-corrected chi connectivity index (χ0v) is 12.3. The lowest BCUT2D eigenvalue weighted by Gasteiger charge is -2.23. The van der Waals surface area contributed by atoms with Crippen LogP contribution < -0.4 is 0 Å². The Morgan fingerprint density at radius 3 is 2.45 bits per heavy atom. The van der Waals surface area contributed by atoms with E-state index in [1.807, 2.05) is 18.2 Å². The summed E-state index contributed by atoms with van der Waals surface area (Å²) >= 11 is 0. The van der Waals surface area contributed by atoms with Crippen molar-refractivity contribution in [2.45, 2.75) is 31.7 Å². The van der Waals surface area contributed by atoms with Gasteiger partial charge in [-0.25, -0.2) is 4.39 Å². The molecule has 0 amide bonds. The van der Waals surface area contributed by atoms with Crippen LogP contribution in [0.5, 0.6) is 0 Å². The number of aliphatic imine (C=N–C) groups is 1. The highest BCUT2D eigenvalue weighted by atomic mass is 19.1. The maximum atomic E-state index is 12.9. The minimum atomic E-state index is -0.242. The maximum absolute atomic E-state index is 12.9. The molecule has 0 heterocycles. The Bertz CT molecular complexity index is 676. The van der Waals surface area contributed by atoms with E-state index in [9.17, 15) is 9.18 Å². The van der Waals surface area contributed by atoms with Crippen molar-refractivity contribution < 1.29 is 9.18 Å². The SMILES string of the molecule is O=C1CC(=NCc2ccc(F)cc2)C[C@@H](c2ccccc2)C1. The van der Waals surface area contributed by atoms with Crippen molar-refractivity contribution in [3.63, 3.8) is 0 Å². The van der Waals surface area contributed by atoms with Crippen molar-refractivity contribution in [3.8, 4) is 0 Å². The molecule has 0 saturated heterocycles. The summed E-state index contributed by atoms with van der Waals surface area (Å²) in [7, 11) is 0. The number of Topliss-reactive ketones (excluding diaryl/α,β-unsaturated/α-hetero) is 1. The first kappa shape index (κ1) is 14.6. The molecule has 0 radical (unpaired) electrons. The highest BCUT2D eigenvalue weighted by molar-refractivity contribution is 6.05. The molecule has 1 fully saturated rings. The molecule has 0 N–H and O–H groups in total. The van der Waals surface area contributed by atoms with Crippen molar-refractivity contribution in [1.29, 1.82) is 0 Å². The van der Waals surface area contributed by atoms with Gasteiger partial charge in [-0.1, -0.05) is 42.5 Å². The third-order valence-electron chi connectivity index (χ3n) is 4.03. The molecule has 1 aliphatic carbocycles. The number of rotatable bonds is 3.